The number of rotatable bonds is 7. The van der Waals surface area contributed by atoms with E-state index >= 15 is 0 Å². The molecule has 1 aromatic rings. The van der Waals surface area contributed by atoms with Gasteiger partial charge in [-0.05, 0) is 18.9 Å². The lowest BCUT2D eigenvalue weighted by molar-refractivity contribution is -0.144. The Morgan fingerprint density at radius 1 is 1.33 bits per heavy atom. The number of carboxylic acid groups (broad SMARTS) is 1. The predicted octanol–water partition coefficient (Wildman–Crippen LogP) is 1.66. The van der Waals surface area contributed by atoms with Gasteiger partial charge in [0.1, 0.15) is 0 Å². The van der Waals surface area contributed by atoms with Crippen LogP contribution in [0.3, 0.4) is 0 Å². The van der Waals surface area contributed by atoms with E-state index in [9.17, 15) is 14.7 Å². The van der Waals surface area contributed by atoms with E-state index in [1.54, 1.807) is 44.5 Å². The minimum absolute atomic E-state index is 0.431. The van der Waals surface area contributed by atoms with Gasteiger partial charge in [-0.1, -0.05) is 30.3 Å². The van der Waals surface area contributed by atoms with Crippen molar-refractivity contribution in [3.05, 3.63) is 35.9 Å². The van der Waals surface area contributed by atoms with Crippen molar-refractivity contribution in [3.63, 3.8) is 0 Å². The third-order valence-corrected chi connectivity index (χ3v) is 3.32. The van der Waals surface area contributed by atoms with E-state index in [1.165, 1.54) is 11.8 Å². The van der Waals surface area contributed by atoms with Crippen LogP contribution < -0.4 is 5.32 Å². The first-order valence-corrected chi connectivity index (χ1v) is 6.73. The Bertz CT molecular complexity index is 478. The van der Waals surface area contributed by atoms with E-state index in [4.69, 9.17) is 4.74 Å². The fraction of sp³-hybridized carbons (Fsp3) is 0.467. The van der Waals surface area contributed by atoms with Crippen molar-refractivity contribution in [2.45, 2.75) is 18.9 Å². The number of carbonyl (C=O) groups is 2. The van der Waals surface area contributed by atoms with E-state index in [1.807, 2.05) is 0 Å². The van der Waals surface area contributed by atoms with Crippen molar-refractivity contribution in [1.82, 2.24) is 10.2 Å². The van der Waals surface area contributed by atoms with Crippen LogP contribution in [0, 0.1) is 0 Å². The average Bonchev–Trinajstić information content (AvgIpc) is 2.47. The topological polar surface area (TPSA) is 78.9 Å². The molecular weight excluding hydrogens is 272 g/mol. The Hall–Kier alpha value is -2.08. The molecule has 2 amide bonds. The number of amides is 2. The summed E-state index contributed by atoms with van der Waals surface area (Å²) in [5.41, 5.74) is -0.940. The number of ether oxygens (including phenoxy) is 1. The highest BCUT2D eigenvalue weighted by atomic mass is 16.5. The zero-order chi connectivity index (χ0) is 15.9. The summed E-state index contributed by atoms with van der Waals surface area (Å²) >= 11 is 0. The van der Waals surface area contributed by atoms with E-state index in [-0.39, 0.29) is 0 Å². The molecule has 0 heterocycles. The SMILES string of the molecule is COCCCN(C)C(=O)NC(C)(C(=O)O)c1ccccc1. The number of carbonyl (C=O) groups excluding carboxylic acids is 1. The third-order valence-electron chi connectivity index (χ3n) is 3.32. The van der Waals surface area contributed by atoms with Gasteiger partial charge in [0.05, 0.1) is 0 Å². The highest BCUT2D eigenvalue weighted by Crippen LogP contribution is 2.21. The highest BCUT2D eigenvalue weighted by Gasteiger charge is 2.37. The van der Waals surface area contributed by atoms with Crippen LogP contribution in [0.4, 0.5) is 4.79 Å². The van der Waals surface area contributed by atoms with Crippen molar-refractivity contribution >= 4 is 12.0 Å². The Morgan fingerprint density at radius 2 is 1.95 bits per heavy atom. The van der Waals surface area contributed by atoms with Crippen LogP contribution >= 0.6 is 0 Å². The molecule has 0 aliphatic heterocycles. The predicted molar refractivity (Wildman–Crippen MR) is 79.1 cm³/mol. The van der Waals surface area contributed by atoms with Crippen LogP contribution in [0.25, 0.3) is 0 Å². The molecule has 1 rings (SSSR count). The number of nitrogens with zero attached hydrogens (tertiary/aromatic N) is 1. The average molecular weight is 294 g/mol. The van der Waals surface area contributed by atoms with Gasteiger partial charge in [-0.25, -0.2) is 9.59 Å². The maximum atomic E-state index is 12.1. The van der Waals surface area contributed by atoms with Crippen LogP contribution in [-0.4, -0.2) is 49.3 Å². The van der Waals surface area contributed by atoms with E-state index in [2.05, 4.69) is 5.32 Å². The molecule has 1 unspecified atom stereocenters. The standard InChI is InChI=1S/C15H22N2O4/c1-15(13(18)19,12-8-5-4-6-9-12)16-14(20)17(2)10-7-11-21-3/h4-6,8-9H,7,10-11H2,1-3H3,(H,16,20)(H,18,19). The molecule has 0 aliphatic rings. The minimum Gasteiger partial charge on any atom is -0.479 e. The fourth-order valence-electron chi connectivity index (χ4n) is 1.88. The van der Waals surface area contributed by atoms with Crippen LogP contribution in [0.15, 0.2) is 30.3 Å². The maximum absolute atomic E-state index is 12.1. The molecule has 1 aromatic carbocycles. The quantitative estimate of drug-likeness (QED) is 0.750. The van der Waals surface area contributed by atoms with Gasteiger partial charge >= 0.3 is 12.0 Å². The molecule has 2 N–H and O–H groups in total. The molecule has 0 radical (unpaired) electrons. The number of hydrogen-bond acceptors (Lipinski definition) is 3. The molecule has 0 saturated carbocycles. The molecule has 6 nitrogen and oxygen atoms in total. The largest absolute Gasteiger partial charge is 0.479 e. The summed E-state index contributed by atoms with van der Waals surface area (Å²) in [5.74, 6) is -1.10. The molecule has 6 heteroatoms. The Balaban J connectivity index is 2.79. The van der Waals surface area contributed by atoms with Gasteiger partial charge in [0.25, 0.3) is 0 Å². The van der Waals surface area contributed by atoms with Gasteiger partial charge in [-0.15, -0.1) is 0 Å². The molecule has 0 saturated heterocycles. The second-order valence-electron chi connectivity index (χ2n) is 4.99. The summed E-state index contributed by atoms with van der Waals surface area (Å²) in [7, 11) is 3.22. The number of methoxy groups -OCH3 is 1. The van der Waals surface area contributed by atoms with Gasteiger partial charge in [-0.2, -0.15) is 0 Å². The summed E-state index contributed by atoms with van der Waals surface area (Å²) in [6.07, 6.45) is 0.690. The monoisotopic (exact) mass is 294 g/mol. The molecule has 21 heavy (non-hydrogen) atoms. The summed E-state index contributed by atoms with van der Waals surface area (Å²) in [6, 6.07) is 8.21. The Labute approximate surface area is 124 Å². The summed E-state index contributed by atoms with van der Waals surface area (Å²) < 4.78 is 4.93. The molecule has 0 fully saturated rings. The molecule has 0 aliphatic carbocycles. The third kappa shape index (κ3) is 4.46. The van der Waals surface area contributed by atoms with Crippen LogP contribution in [0.2, 0.25) is 0 Å². The number of benzene rings is 1. The normalized spacial score (nSPS) is 13.3. The molecule has 0 aromatic heterocycles. The van der Waals surface area contributed by atoms with Crippen molar-refractivity contribution in [1.29, 1.82) is 0 Å². The number of carboxylic acids is 1. The molecule has 116 valence electrons. The van der Waals surface area contributed by atoms with Crippen LogP contribution in [-0.2, 0) is 15.1 Å². The molecule has 1 atom stereocenters. The second-order valence-corrected chi connectivity index (χ2v) is 4.99. The summed E-state index contributed by atoms with van der Waals surface area (Å²) in [4.78, 5) is 25.2. The van der Waals surface area contributed by atoms with E-state index in [0.29, 0.717) is 25.1 Å². The lowest BCUT2D eigenvalue weighted by Gasteiger charge is -2.29. The minimum atomic E-state index is -1.46. The van der Waals surface area contributed by atoms with Crippen LogP contribution in [0.1, 0.15) is 18.9 Å². The Morgan fingerprint density at radius 3 is 2.48 bits per heavy atom. The van der Waals surface area contributed by atoms with Crippen molar-refractivity contribution < 1.29 is 19.4 Å². The lowest BCUT2D eigenvalue weighted by atomic mass is 9.92. The maximum Gasteiger partial charge on any atom is 0.333 e. The van der Waals surface area contributed by atoms with E-state index < -0.39 is 17.5 Å². The zero-order valence-corrected chi connectivity index (χ0v) is 12.6. The van der Waals surface area contributed by atoms with Crippen molar-refractivity contribution in [2.24, 2.45) is 0 Å². The van der Waals surface area contributed by atoms with E-state index in [0.717, 1.165) is 0 Å². The summed E-state index contributed by atoms with van der Waals surface area (Å²) in [5, 5.41) is 12.1. The van der Waals surface area contributed by atoms with Gasteiger partial charge < -0.3 is 20.1 Å². The van der Waals surface area contributed by atoms with Gasteiger partial charge in [0.15, 0.2) is 5.54 Å². The lowest BCUT2D eigenvalue weighted by Crippen LogP contribution is -2.53. The molecule has 0 bridgehead atoms. The van der Waals surface area contributed by atoms with Gasteiger partial charge in [0.2, 0.25) is 0 Å². The Kier molecular flexibility index (Phi) is 6.17. The van der Waals surface area contributed by atoms with Gasteiger partial charge in [-0.3, -0.25) is 0 Å². The van der Waals surface area contributed by atoms with Crippen molar-refractivity contribution in [2.75, 3.05) is 27.3 Å². The number of hydrogen-bond donors (Lipinski definition) is 2. The van der Waals surface area contributed by atoms with Gasteiger partial charge in [0, 0.05) is 27.3 Å². The highest BCUT2D eigenvalue weighted by molar-refractivity contribution is 5.87. The first-order valence-electron chi connectivity index (χ1n) is 6.73. The van der Waals surface area contributed by atoms with Crippen molar-refractivity contribution in [3.8, 4) is 0 Å². The number of aliphatic carboxylic acids is 1. The second kappa shape index (κ2) is 7.64. The fourth-order valence-corrected chi connectivity index (χ4v) is 1.88. The number of urea groups is 1. The number of nitrogens with one attached hydrogen (secondary N) is 1. The first-order chi connectivity index (χ1) is 9.91. The van der Waals surface area contributed by atoms with Crippen LogP contribution in [0.5, 0.6) is 0 Å². The molecule has 0 spiro atoms. The molecular formula is C15H22N2O4. The zero-order valence-electron chi connectivity index (χ0n) is 12.6. The first kappa shape index (κ1) is 17.0. The summed E-state index contributed by atoms with van der Waals surface area (Å²) in [6.45, 7) is 2.52. The smallest absolute Gasteiger partial charge is 0.333 e.